The highest BCUT2D eigenvalue weighted by Gasteiger charge is 2.38. The normalized spacial score (nSPS) is 12.5. The molecule has 10 heteroatoms. The third-order valence-electron chi connectivity index (χ3n) is 3.74. The molecule has 0 bridgehead atoms. The van der Waals surface area contributed by atoms with Crippen molar-refractivity contribution in [3.63, 3.8) is 0 Å². The Bertz CT molecular complexity index is 1060. The molecule has 1 aromatic carbocycles. The second kappa shape index (κ2) is 7.78. The monoisotopic (exact) mass is 410 g/mol. The summed E-state index contributed by atoms with van der Waals surface area (Å²) in [6, 6.07) is 4.77. The standard InChI is InChI=1S/C18H17F3N4O2S/c1-10(2)9-28-16-15-23-24-17(18(19,20)21)25(15)13-8-11(4-6-12(13)22-16)5-7-14(26)27-3/h4-8,10H,9H2,1-3H3. The van der Waals surface area contributed by atoms with Crippen molar-refractivity contribution in [2.75, 3.05) is 12.9 Å². The number of esters is 1. The summed E-state index contributed by atoms with van der Waals surface area (Å²) in [6.45, 7) is 4.02. The number of benzene rings is 1. The van der Waals surface area contributed by atoms with Crippen LogP contribution >= 0.6 is 11.8 Å². The summed E-state index contributed by atoms with van der Waals surface area (Å²) in [7, 11) is 1.24. The second-order valence-corrected chi connectivity index (χ2v) is 7.42. The van der Waals surface area contributed by atoms with Gasteiger partial charge in [-0.1, -0.05) is 19.9 Å². The number of halogens is 3. The van der Waals surface area contributed by atoms with Crippen LogP contribution in [0.4, 0.5) is 13.2 Å². The van der Waals surface area contributed by atoms with E-state index in [2.05, 4.69) is 19.9 Å². The van der Waals surface area contributed by atoms with Gasteiger partial charge in [-0.25, -0.2) is 9.78 Å². The zero-order valence-electron chi connectivity index (χ0n) is 15.3. The van der Waals surface area contributed by atoms with E-state index in [1.807, 2.05) is 13.8 Å². The highest BCUT2D eigenvalue weighted by molar-refractivity contribution is 7.99. The molecule has 0 atom stereocenters. The minimum atomic E-state index is -4.68. The number of fused-ring (bicyclic) bond motifs is 3. The molecule has 28 heavy (non-hydrogen) atoms. The number of aromatic nitrogens is 4. The van der Waals surface area contributed by atoms with Crippen molar-refractivity contribution in [3.05, 3.63) is 35.7 Å². The molecule has 0 radical (unpaired) electrons. The van der Waals surface area contributed by atoms with Crippen LogP contribution in [-0.4, -0.2) is 38.4 Å². The van der Waals surface area contributed by atoms with Crippen LogP contribution in [0.15, 0.2) is 29.3 Å². The molecule has 0 saturated carbocycles. The number of rotatable bonds is 5. The maximum Gasteiger partial charge on any atom is 0.452 e. The lowest BCUT2D eigenvalue weighted by Crippen LogP contribution is -2.12. The molecule has 0 unspecified atom stereocenters. The number of carbonyl (C=O) groups is 1. The molecule has 2 heterocycles. The molecule has 0 spiro atoms. The molecule has 6 nitrogen and oxygen atoms in total. The van der Waals surface area contributed by atoms with E-state index in [0.717, 1.165) is 4.40 Å². The number of carbonyl (C=O) groups excluding carboxylic acids is 1. The number of nitrogens with zero attached hydrogens (tertiary/aromatic N) is 4. The lowest BCUT2D eigenvalue weighted by atomic mass is 10.1. The minimum absolute atomic E-state index is 0.0552. The first-order valence-electron chi connectivity index (χ1n) is 8.35. The largest absolute Gasteiger partial charge is 0.466 e. The van der Waals surface area contributed by atoms with Gasteiger partial charge in [0.2, 0.25) is 5.82 Å². The number of ether oxygens (including phenoxy) is 1. The fourth-order valence-corrected chi connectivity index (χ4v) is 3.40. The Labute approximate surface area is 162 Å². The number of methoxy groups -OCH3 is 1. The summed E-state index contributed by atoms with van der Waals surface area (Å²) in [6.07, 6.45) is -2.03. The van der Waals surface area contributed by atoms with E-state index in [1.54, 1.807) is 12.1 Å². The molecule has 3 rings (SSSR count). The highest BCUT2D eigenvalue weighted by atomic mass is 32.2. The maximum absolute atomic E-state index is 13.5. The van der Waals surface area contributed by atoms with Crippen molar-refractivity contribution in [2.45, 2.75) is 25.0 Å². The Balaban J connectivity index is 2.23. The van der Waals surface area contributed by atoms with E-state index in [9.17, 15) is 18.0 Å². The van der Waals surface area contributed by atoms with Crippen molar-refractivity contribution in [3.8, 4) is 0 Å². The van der Waals surface area contributed by atoms with Crippen LogP contribution in [-0.2, 0) is 15.7 Å². The summed E-state index contributed by atoms with van der Waals surface area (Å²) >= 11 is 1.34. The molecule has 148 valence electrons. The van der Waals surface area contributed by atoms with Crippen LogP contribution in [0, 0.1) is 5.92 Å². The van der Waals surface area contributed by atoms with Crippen LogP contribution < -0.4 is 0 Å². The Morgan fingerprint density at radius 3 is 2.71 bits per heavy atom. The predicted molar refractivity (Wildman–Crippen MR) is 99.9 cm³/mol. The molecule has 0 aliphatic heterocycles. The summed E-state index contributed by atoms with van der Waals surface area (Å²) in [5.74, 6) is -0.666. The summed E-state index contributed by atoms with van der Waals surface area (Å²) < 4.78 is 46.0. The molecule has 2 aromatic heterocycles. The van der Waals surface area contributed by atoms with Gasteiger partial charge in [0.05, 0.1) is 18.1 Å². The average molecular weight is 410 g/mol. The van der Waals surface area contributed by atoms with Gasteiger partial charge in [-0.15, -0.1) is 22.0 Å². The van der Waals surface area contributed by atoms with Crippen LogP contribution in [0.25, 0.3) is 22.8 Å². The lowest BCUT2D eigenvalue weighted by molar-refractivity contribution is -0.145. The Hall–Kier alpha value is -2.62. The molecular formula is C18H17F3N4O2S. The molecule has 3 aromatic rings. The summed E-state index contributed by atoms with van der Waals surface area (Å²) in [5, 5.41) is 7.50. The van der Waals surface area contributed by atoms with Crippen molar-refractivity contribution in [1.82, 2.24) is 19.6 Å². The Morgan fingerprint density at radius 1 is 1.32 bits per heavy atom. The van der Waals surface area contributed by atoms with Gasteiger partial charge in [0, 0.05) is 11.8 Å². The smallest absolute Gasteiger partial charge is 0.452 e. The predicted octanol–water partition coefficient (Wildman–Crippen LogP) is 4.23. The molecular weight excluding hydrogens is 393 g/mol. The van der Waals surface area contributed by atoms with E-state index in [1.165, 1.54) is 37.1 Å². The van der Waals surface area contributed by atoms with Crippen LogP contribution in [0.3, 0.4) is 0 Å². The van der Waals surface area contributed by atoms with E-state index in [-0.39, 0.29) is 11.2 Å². The Kier molecular flexibility index (Phi) is 5.59. The highest BCUT2D eigenvalue weighted by Crippen LogP contribution is 2.33. The second-order valence-electron chi connectivity index (χ2n) is 6.41. The van der Waals surface area contributed by atoms with Crippen LogP contribution in [0.5, 0.6) is 0 Å². The fourth-order valence-electron chi connectivity index (χ4n) is 2.49. The van der Waals surface area contributed by atoms with Crippen molar-refractivity contribution >= 4 is 40.5 Å². The summed E-state index contributed by atoms with van der Waals surface area (Å²) in [5.41, 5.74) is 1.15. The van der Waals surface area contributed by atoms with Gasteiger partial charge in [-0.3, -0.25) is 4.40 Å². The zero-order chi connectivity index (χ0) is 20.5. The van der Waals surface area contributed by atoms with Gasteiger partial charge in [-0.05, 0) is 29.7 Å². The van der Waals surface area contributed by atoms with Gasteiger partial charge in [0.15, 0.2) is 5.65 Å². The van der Waals surface area contributed by atoms with E-state index in [0.29, 0.717) is 27.8 Å². The molecule has 0 fully saturated rings. The molecule has 0 aliphatic rings. The first kappa shape index (κ1) is 20.1. The van der Waals surface area contributed by atoms with Gasteiger partial charge in [-0.2, -0.15) is 13.2 Å². The summed E-state index contributed by atoms with van der Waals surface area (Å²) in [4.78, 5) is 15.8. The first-order chi connectivity index (χ1) is 13.2. The van der Waals surface area contributed by atoms with Crippen molar-refractivity contribution in [1.29, 1.82) is 0 Å². The molecule has 0 aliphatic carbocycles. The SMILES string of the molecule is COC(=O)C=Cc1ccc2nc(SCC(C)C)c3nnc(C(F)(F)F)n3c2c1. The third-order valence-corrected chi connectivity index (χ3v) is 5.12. The molecule has 0 amide bonds. The number of alkyl halides is 3. The topological polar surface area (TPSA) is 69.4 Å². The average Bonchev–Trinajstić information content (AvgIpc) is 3.10. The van der Waals surface area contributed by atoms with E-state index >= 15 is 0 Å². The third kappa shape index (κ3) is 4.11. The van der Waals surface area contributed by atoms with Crippen molar-refractivity contribution < 1.29 is 22.7 Å². The van der Waals surface area contributed by atoms with Gasteiger partial charge >= 0.3 is 12.1 Å². The minimum Gasteiger partial charge on any atom is -0.466 e. The van der Waals surface area contributed by atoms with Gasteiger partial charge in [0.1, 0.15) is 5.03 Å². The van der Waals surface area contributed by atoms with Gasteiger partial charge < -0.3 is 4.74 Å². The van der Waals surface area contributed by atoms with Crippen LogP contribution in [0.2, 0.25) is 0 Å². The number of hydrogen-bond donors (Lipinski definition) is 0. The quantitative estimate of drug-likeness (QED) is 0.356. The first-order valence-corrected chi connectivity index (χ1v) is 9.34. The Morgan fingerprint density at radius 2 is 2.07 bits per heavy atom. The van der Waals surface area contributed by atoms with Crippen LogP contribution in [0.1, 0.15) is 25.2 Å². The number of thioether (sulfide) groups is 1. The zero-order valence-corrected chi connectivity index (χ0v) is 16.1. The lowest BCUT2D eigenvalue weighted by Gasteiger charge is -2.11. The van der Waals surface area contributed by atoms with Crippen molar-refractivity contribution in [2.24, 2.45) is 5.92 Å². The van der Waals surface area contributed by atoms with E-state index in [4.69, 9.17) is 0 Å². The fraction of sp³-hybridized carbons (Fsp3) is 0.333. The maximum atomic E-state index is 13.5. The molecule has 0 N–H and O–H groups in total. The number of hydrogen-bond acceptors (Lipinski definition) is 6. The van der Waals surface area contributed by atoms with Gasteiger partial charge in [0.25, 0.3) is 0 Å². The van der Waals surface area contributed by atoms with E-state index < -0.39 is 18.0 Å². The molecule has 0 saturated heterocycles.